The molecule has 3 unspecified atom stereocenters. The van der Waals surface area contributed by atoms with Gasteiger partial charge in [0.05, 0.1) is 24.8 Å². The van der Waals surface area contributed by atoms with Crippen molar-refractivity contribution < 1.29 is 27.0 Å². The Morgan fingerprint density at radius 2 is 2.06 bits per heavy atom. The van der Waals surface area contributed by atoms with Gasteiger partial charge in [-0.3, -0.25) is 4.90 Å². The Bertz CT molecular complexity index is 1140. The van der Waals surface area contributed by atoms with Gasteiger partial charge in [-0.1, -0.05) is 6.07 Å². The van der Waals surface area contributed by atoms with Crippen LogP contribution in [0.4, 0.5) is 23.4 Å². The number of rotatable bonds is 3. The number of fused-ring (bicyclic) bond motifs is 2. The molecule has 5 rings (SSSR count). The van der Waals surface area contributed by atoms with Crippen LogP contribution in [0.2, 0.25) is 0 Å². The van der Waals surface area contributed by atoms with Crippen molar-refractivity contribution in [1.29, 1.82) is 0 Å². The molecule has 1 aromatic carbocycles. The standard InChI is InChI=1S/C20H20F4N6O2/c1-11-9-29(6-7-31-11)14-10-32-15-8-12(21)2-3-13(15)17(14)26-16-4-5-25-19-27-18(20(22,23)24)28-30(16)19/h2-5,8,11,14,17,26H,6-7,9-10H2,1H3. The fourth-order valence-electron chi connectivity index (χ4n) is 4.19. The van der Waals surface area contributed by atoms with Crippen molar-refractivity contribution >= 4 is 11.6 Å². The number of morpholine rings is 1. The van der Waals surface area contributed by atoms with Gasteiger partial charge in [-0.2, -0.15) is 22.7 Å². The molecule has 0 radical (unpaired) electrons. The Morgan fingerprint density at radius 1 is 1.22 bits per heavy atom. The highest BCUT2D eigenvalue weighted by atomic mass is 19.4. The van der Waals surface area contributed by atoms with E-state index in [0.29, 0.717) is 31.0 Å². The Hall–Kier alpha value is -2.99. The van der Waals surface area contributed by atoms with Crippen LogP contribution >= 0.6 is 0 Å². The molecule has 8 nitrogen and oxygen atoms in total. The molecule has 170 valence electrons. The van der Waals surface area contributed by atoms with Gasteiger partial charge in [-0.25, -0.2) is 9.37 Å². The van der Waals surface area contributed by atoms with Gasteiger partial charge in [0.1, 0.15) is 24.0 Å². The fraction of sp³-hybridized carbons (Fsp3) is 0.450. The topological polar surface area (TPSA) is 76.8 Å². The Kier molecular flexibility index (Phi) is 5.13. The lowest BCUT2D eigenvalue weighted by Crippen LogP contribution is -2.54. The molecule has 0 aliphatic carbocycles. The van der Waals surface area contributed by atoms with E-state index in [1.165, 1.54) is 24.4 Å². The second-order valence-electron chi connectivity index (χ2n) is 7.83. The van der Waals surface area contributed by atoms with Crippen molar-refractivity contribution in [3.8, 4) is 5.75 Å². The Balaban J connectivity index is 1.55. The maximum atomic E-state index is 13.8. The summed E-state index contributed by atoms with van der Waals surface area (Å²) in [6, 6.07) is 5.21. The molecule has 0 bridgehead atoms. The van der Waals surface area contributed by atoms with Crippen molar-refractivity contribution in [2.75, 3.05) is 31.6 Å². The molecule has 1 N–H and O–H groups in total. The first kappa shape index (κ1) is 20.9. The third kappa shape index (κ3) is 3.84. The largest absolute Gasteiger partial charge is 0.491 e. The first-order valence-electron chi connectivity index (χ1n) is 10.1. The molecule has 2 aliphatic rings. The van der Waals surface area contributed by atoms with Gasteiger partial charge in [-0.15, -0.1) is 5.10 Å². The third-order valence-electron chi connectivity index (χ3n) is 5.64. The molecule has 0 amide bonds. The highest BCUT2D eigenvalue weighted by Crippen LogP contribution is 2.38. The molecule has 3 atom stereocenters. The molecule has 12 heteroatoms. The minimum atomic E-state index is -4.69. The number of nitrogens with one attached hydrogen (secondary N) is 1. The van der Waals surface area contributed by atoms with E-state index in [9.17, 15) is 17.6 Å². The van der Waals surface area contributed by atoms with Crippen LogP contribution in [0, 0.1) is 5.82 Å². The predicted molar refractivity (Wildman–Crippen MR) is 105 cm³/mol. The number of hydrogen-bond acceptors (Lipinski definition) is 7. The zero-order valence-electron chi connectivity index (χ0n) is 17.0. The van der Waals surface area contributed by atoms with E-state index < -0.39 is 23.9 Å². The summed E-state index contributed by atoms with van der Waals surface area (Å²) in [6.45, 7) is 4.14. The average Bonchev–Trinajstić information content (AvgIpc) is 3.20. The monoisotopic (exact) mass is 452 g/mol. The molecule has 2 aromatic heterocycles. The number of ether oxygens (including phenoxy) is 2. The van der Waals surface area contributed by atoms with Crippen LogP contribution in [0.3, 0.4) is 0 Å². The lowest BCUT2D eigenvalue weighted by molar-refractivity contribution is -0.144. The zero-order chi connectivity index (χ0) is 22.5. The smallest absolute Gasteiger partial charge is 0.453 e. The summed E-state index contributed by atoms with van der Waals surface area (Å²) in [5.41, 5.74) is 0.697. The van der Waals surface area contributed by atoms with Gasteiger partial charge in [0.2, 0.25) is 0 Å². The second kappa shape index (κ2) is 7.85. The molecule has 0 spiro atoms. The third-order valence-corrected chi connectivity index (χ3v) is 5.64. The first-order valence-corrected chi connectivity index (χ1v) is 10.1. The highest BCUT2D eigenvalue weighted by Gasteiger charge is 2.39. The number of alkyl halides is 3. The van der Waals surface area contributed by atoms with Crippen LogP contribution in [-0.2, 0) is 10.9 Å². The Labute approximate surface area is 180 Å². The van der Waals surface area contributed by atoms with Gasteiger partial charge in [0, 0.05) is 30.9 Å². The van der Waals surface area contributed by atoms with Crippen LogP contribution in [0.5, 0.6) is 5.75 Å². The summed E-state index contributed by atoms with van der Waals surface area (Å²) < 4.78 is 65.7. The molecule has 0 saturated carbocycles. The van der Waals surface area contributed by atoms with Crippen molar-refractivity contribution in [3.63, 3.8) is 0 Å². The molecular formula is C20H20F4N6O2. The summed E-state index contributed by atoms with van der Waals surface area (Å²) in [4.78, 5) is 9.59. The summed E-state index contributed by atoms with van der Waals surface area (Å²) in [7, 11) is 0. The lowest BCUT2D eigenvalue weighted by atomic mass is 9.94. The van der Waals surface area contributed by atoms with E-state index in [4.69, 9.17) is 9.47 Å². The van der Waals surface area contributed by atoms with Crippen molar-refractivity contribution in [2.45, 2.75) is 31.3 Å². The second-order valence-corrected chi connectivity index (χ2v) is 7.83. The molecule has 3 aromatic rings. The normalized spacial score (nSPS) is 24.2. The van der Waals surface area contributed by atoms with E-state index in [1.54, 1.807) is 6.07 Å². The molecule has 4 heterocycles. The van der Waals surface area contributed by atoms with E-state index >= 15 is 0 Å². The molecule has 32 heavy (non-hydrogen) atoms. The summed E-state index contributed by atoms with van der Waals surface area (Å²) >= 11 is 0. The average molecular weight is 452 g/mol. The van der Waals surface area contributed by atoms with Gasteiger partial charge in [-0.05, 0) is 19.1 Å². The molecular weight excluding hydrogens is 432 g/mol. The molecule has 2 aliphatic heterocycles. The van der Waals surface area contributed by atoms with Gasteiger partial charge in [0.25, 0.3) is 11.6 Å². The number of anilines is 1. The predicted octanol–water partition coefficient (Wildman–Crippen LogP) is 2.92. The fourth-order valence-corrected chi connectivity index (χ4v) is 4.19. The maximum Gasteiger partial charge on any atom is 0.453 e. The Morgan fingerprint density at radius 3 is 2.84 bits per heavy atom. The van der Waals surface area contributed by atoms with Gasteiger partial charge in [0.15, 0.2) is 0 Å². The summed E-state index contributed by atoms with van der Waals surface area (Å²) in [5.74, 6) is -1.21. The lowest BCUT2D eigenvalue weighted by Gasteiger charge is -2.43. The minimum absolute atomic E-state index is 0.0244. The SMILES string of the molecule is CC1CN(C2COc3cc(F)ccc3C2Nc2ccnc3nc(C(F)(F)F)nn23)CCO1. The number of hydrogen-bond donors (Lipinski definition) is 1. The van der Waals surface area contributed by atoms with Crippen LogP contribution in [-0.4, -0.2) is 62.9 Å². The van der Waals surface area contributed by atoms with Crippen LogP contribution in [0.1, 0.15) is 24.4 Å². The highest BCUT2D eigenvalue weighted by molar-refractivity contribution is 5.49. The van der Waals surface area contributed by atoms with Crippen molar-refractivity contribution in [3.05, 3.63) is 47.7 Å². The van der Waals surface area contributed by atoms with Crippen LogP contribution < -0.4 is 10.1 Å². The number of aromatic nitrogens is 4. The number of benzene rings is 1. The minimum Gasteiger partial charge on any atom is -0.491 e. The van der Waals surface area contributed by atoms with Crippen LogP contribution in [0.25, 0.3) is 5.78 Å². The van der Waals surface area contributed by atoms with Gasteiger partial charge < -0.3 is 14.8 Å². The number of nitrogens with zero attached hydrogens (tertiary/aromatic N) is 5. The summed E-state index contributed by atoms with van der Waals surface area (Å²) in [6.07, 6.45) is -3.31. The first-order chi connectivity index (χ1) is 15.3. The van der Waals surface area contributed by atoms with Crippen molar-refractivity contribution in [1.82, 2.24) is 24.5 Å². The molecule has 1 fully saturated rings. The molecule has 1 saturated heterocycles. The van der Waals surface area contributed by atoms with E-state index in [0.717, 1.165) is 4.52 Å². The van der Waals surface area contributed by atoms with Crippen molar-refractivity contribution in [2.24, 2.45) is 0 Å². The van der Waals surface area contributed by atoms with E-state index in [-0.39, 0.29) is 30.3 Å². The van der Waals surface area contributed by atoms with E-state index in [1.807, 2.05) is 6.92 Å². The maximum absolute atomic E-state index is 13.8. The summed E-state index contributed by atoms with van der Waals surface area (Å²) in [5, 5.41) is 6.89. The zero-order valence-corrected chi connectivity index (χ0v) is 17.0. The van der Waals surface area contributed by atoms with Gasteiger partial charge >= 0.3 is 6.18 Å². The quantitative estimate of drug-likeness (QED) is 0.613. The van der Waals surface area contributed by atoms with Crippen LogP contribution in [0.15, 0.2) is 30.5 Å². The number of halogens is 4. The van der Waals surface area contributed by atoms with E-state index in [2.05, 4.69) is 25.3 Å².